The van der Waals surface area contributed by atoms with Crippen LogP contribution < -0.4 is 5.32 Å². The second-order valence-corrected chi connectivity index (χ2v) is 5.69. The van der Waals surface area contributed by atoms with E-state index in [1.807, 2.05) is 26.8 Å². The summed E-state index contributed by atoms with van der Waals surface area (Å²) in [5.74, 6) is 0.242. The number of carbonyl (C=O) groups excluding carboxylic acids is 2. The van der Waals surface area contributed by atoms with Crippen LogP contribution in [0, 0.1) is 5.41 Å². The van der Waals surface area contributed by atoms with Crippen LogP contribution >= 0.6 is 0 Å². The molecule has 21 heavy (non-hydrogen) atoms. The minimum Gasteiger partial charge on any atom is -0.463 e. The Kier molecular flexibility index (Phi) is 4.11. The Hall–Kier alpha value is -2.17. The third-order valence-electron chi connectivity index (χ3n) is 4.00. The smallest absolute Gasteiger partial charge is 0.330 e. The van der Waals surface area contributed by atoms with Gasteiger partial charge in [0.05, 0.1) is 12.0 Å². The number of esters is 1. The fourth-order valence-electron chi connectivity index (χ4n) is 2.23. The first kappa shape index (κ1) is 15.2. The molecule has 0 saturated carbocycles. The van der Waals surface area contributed by atoms with Crippen molar-refractivity contribution < 1.29 is 14.3 Å². The number of anilines is 1. The summed E-state index contributed by atoms with van der Waals surface area (Å²) in [6.45, 7) is 7.95. The van der Waals surface area contributed by atoms with E-state index in [1.165, 1.54) is 6.08 Å². The molecule has 0 radical (unpaired) electrons. The molecule has 0 bridgehead atoms. The number of hydrogen-bond acceptors (Lipinski definition) is 4. The molecule has 2 rings (SSSR count). The maximum Gasteiger partial charge on any atom is 0.330 e. The standard InChI is InChI=1S/C16H20N2O3/c1-5-21-13(19)7-6-11-8-12-10(2)16(3,4)15(20)18-14(12)17-9-11/h6-10H,5H2,1-4H3,(H,17,18,20)/b7-6+. The molecule has 0 saturated heterocycles. The zero-order valence-corrected chi connectivity index (χ0v) is 12.8. The van der Waals surface area contributed by atoms with Crippen LogP contribution in [0.4, 0.5) is 5.82 Å². The van der Waals surface area contributed by atoms with E-state index in [1.54, 1.807) is 19.2 Å². The average Bonchev–Trinajstić information content (AvgIpc) is 2.44. The highest BCUT2D eigenvalue weighted by Crippen LogP contribution is 2.42. The molecule has 0 fully saturated rings. The van der Waals surface area contributed by atoms with Gasteiger partial charge in [0.15, 0.2) is 0 Å². The fourth-order valence-corrected chi connectivity index (χ4v) is 2.23. The van der Waals surface area contributed by atoms with Gasteiger partial charge in [0.25, 0.3) is 0 Å². The van der Waals surface area contributed by atoms with E-state index in [4.69, 9.17) is 4.74 Å². The van der Waals surface area contributed by atoms with Crippen molar-refractivity contribution in [3.8, 4) is 0 Å². The lowest BCUT2D eigenvalue weighted by molar-refractivity contribution is -0.137. The van der Waals surface area contributed by atoms with Gasteiger partial charge in [-0.25, -0.2) is 9.78 Å². The predicted molar refractivity (Wildman–Crippen MR) is 80.7 cm³/mol. The van der Waals surface area contributed by atoms with Gasteiger partial charge < -0.3 is 10.1 Å². The van der Waals surface area contributed by atoms with E-state index in [-0.39, 0.29) is 17.8 Å². The molecule has 1 aliphatic heterocycles. The molecule has 5 nitrogen and oxygen atoms in total. The number of aromatic nitrogens is 1. The summed E-state index contributed by atoms with van der Waals surface area (Å²) in [6.07, 6.45) is 4.67. The third kappa shape index (κ3) is 2.96. The Morgan fingerprint density at radius 1 is 1.52 bits per heavy atom. The van der Waals surface area contributed by atoms with Crippen molar-refractivity contribution >= 4 is 23.8 Å². The molecule has 1 atom stereocenters. The van der Waals surface area contributed by atoms with Gasteiger partial charge in [0.2, 0.25) is 5.91 Å². The Morgan fingerprint density at radius 2 is 2.24 bits per heavy atom. The summed E-state index contributed by atoms with van der Waals surface area (Å²) in [6, 6.07) is 1.95. The van der Waals surface area contributed by atoms with Gasteiger partial charge >= 0.3 is 5.97 Å². The normalized spacial score (nSPS) is 20.0. The molecule has 1 aliphatic rings. The number of ether oxygens (including phenoxy) is 1. The molecule has 112 valence electrons. The van der Waals surface area contributed by atoms with Gasteiger partial charge in [-0.2, -0.15) is 0 Å². The number of carbonyl (C=O) groups is 2. The number of pyridine rings is 1. The molecular formula is C16H20N2O3. The van der Waals surface area contributed by atoms with Gasteiger partial charge in [0.1, 0.15) is 5.82 Å². The fraction of sp³-hybridized carbons (Fsp3) is 0.438. The van der Waals surface area contributed by atoms with Gasteiger partial charge in [0, 0.05) is 12.3 Å². The Morgan fingerprint density at radius 3 is 2.90 bits per heavy atom. The van der Waals surface area contributed by atoms with E-state index in [9.17, 15) is 9.59 Å². The van der Waals surface area contributed by atoms with Crippen molar-refractivity contribution in [1.29, 1.82) is 0 Å². The van der Waals surface area contributed by atoms with Crippen molar-refractivity contribution in [3.63, 3.8) is 0 Å². The molecule has 0 aliphatic carbocycles. The van der Waals surface area contributed by atoms with E-state index in [0.717, 1.165) is 11.1 Å². The quantitative estimate of drug-likeness (QED) is 0.686. The molecule has 0 spiro atoms. The number of fused-ring (bicyclic) bond motifs is 1. The molecule has 2 heterocycles. The van der Waals surface area contributed by atoms with Crippen LogP contribution in [0.25, 0.3) is 6.08 Å². The van der Waals surface area contributed by atoms with Crippen molar-refractivity contribution in [3.05, 3.63) is 29.5 Å². The van der Waals surface area contributed by atoms with Gasteiger partial charge in [-0.15, -0.1) is 0 Å². The van der Waals surface area contributed by atoms with E-state index in [0.29, 0.717) is 12.4 Å². The van der Waals surface area contributed by atoms with E-state index < -0.39 is 5.41 Å². The first-order valence-electron chi connectivity index (χ1n) is 7.02. The number of amides is 1. The SMILES string of the molecule is CCOC(=O)/C=C/c1cnc2c(c1)C(C)C(C)(C)C(=O)N2. The number of rotatable bonds is 3. The largest absolute Gasteiger partial charge is 0.463 e. The van der Waals surface area contributed by atoms with Crippen LogP contribution in [-0.4, -0.2) is 23.5 Å². The Labute approximate surface area is 124 Å². The highest BCUT2D eigenvalue weighted by molar-refractivity contribution is 5.98. The zero-order valence-electron chi connectivity index (χ0n) is 12.8. The summed E-state index contributed by atoms with van der Waals surface area (Å²) < 4.78 is 4.84. The summed E-state index contributed by atoms with van der Waals surface area (Å²) in [4.78, 5) is 27.6. The first-order chi connectivity index (χ1) is 9.86. The number of nitrogens with one attached hydrogen (secondary N) is 1. The van der Waals surface area contributed by atoms with Crippen LogP contribution in [0.2, 0.25) is 0 Å². The van der Waals surface area contributed by atoms with Crippen LogP contribution in [0.3, 0.4) is 0 Å². The lowest BCUT2D eigenvalue weighted by Gasteiger charge is -2.36. The predicted octanol–water partition coefficient (Wildman–Crippen LogP) is 2.74. The monoisotopic (exact) mass is 288 g/mol. The minimum atomic E-state index is -0.488. The van der Waals surface area contributed by atoms with Crippen LogP contribution in [0.15, 0.2) is 18.3 Å². The lowest BCUT2D eigenvalue weighted by atomic mass is 9.73. The molecule has 1 aromatic rings. The Balaban J connectivity index is 2.29. The van der Waals surface area contributed by atoms with E-state index >= 15 is 0 Å². The summed E-state index contributed by atoms with van der Waals surface area (Å²) in [5, 5.41) is 2.83. The third-order valence-corrected chi connectivity index (χ3v) is 4.00. The van der Waals surface area contributed by atoms with Crippen molar-refractivity contribution in [1.82, 2.24) is 4.98 Å². The summed E-state index contributed by atoms with van der Waals surface area (Å²) in [5.41, 5.74) is 1.30. The van der Waals surface area contributed by atoms with Gasteiger partial charge in [-0.3, -0.25) is 4.79 Å². The minimum absolute atomic E-state index is 0.0233. The molecule has 1 aromatic heterocycles. The van der Waals surface area contributed by atoms with Gasteiger partial charge in [-0.1, -0.05) is 20.8 Å². The maximum atomic E-state index is 12.0. The van der Waals surface area contributed by atoms with Crippen molar-refractivity contribution in [2.45, 2.75) is 33.6 Å². The summed E-state index contributed by atoms with van der Waals surface area (Å²) in [7, 11) is 0. The van der Waals surface area contributed by atoms with Crippen LogP contribution in [0.5, 0.6) is 0 Å². The second-order valence-electron chi connectivity index (χ2n) is 5.69. The lowest BCUT2D eigenvalue weighted by Crippen LogP contribution is -2.40. The zero-order chi connectivity index (χ0) is 15.6. The van der Waals surface area contributed by atoms with Crippen LogP contribution in [0.1, 0.15) is 44.7 Å². The van der Waals surface area contributed by atoms with Crippen molar-refractivity contribution in [2.24, 2.45) is 5.41 Å². The Bertz CT molecular complexity index is 606. The average molecular weight is 288 g/mol. The van der Waals surface area contributed by atoms with Crippen molar-refractivity contribution in [2.75, 3.05) is 11.9 Å². The second kappa shape index (κ2) is 5.68. The maximum absolute atomic E-state index is 12.0. The topological polar surface area (TPSA) is 68.3 Å². The molecule has 5 heteroatoms. The van der Waals surface area contributed by atoms with Gasteiger partial charge in [-0.05, 0) is 36.1 Å². The van der Waals surface area contributed by atoms with Crippen LogP contribution in [-0.2, 0) is 14.3 Å². The summed E-state index contributed by atoms with van der Waals surface area (Å²) >= 11 is 0. The molecule has 0 aromatic carbocycles. The molecule has 1 unspecified atom stereocenters. The molecule has 1 N–H and O–H groups in total. The number of nitrogens with zero attached hydrogens (tertiary/aromatic N) is 1. The van der Waals surface area contributed by atoms with E-state index in [2.05, 4.69) is 10.3 Å². The molecule has 1 amide bonds. The number of hydrogen-bond donors (Lipinski definition) is 1. The highest BCUT2D eigenvalue weighted by Gasteiger charge is 2.40. The molecular weight excluding hydrogens is 268 g/mol. The highest BCUT2D eigenvalue weighted by atomic mass is 16.5. The first-order valence-corrected chi connectivity index (χ1v) is 7.02.